The average molecular weight is 380 g/mol. The molecule has 0 unspecified atom stereocenters. The van der Waals surface area contributed by atoms with E-state index in [2.05, 4.69) is 11.9 Å². The molecule has 1 fully saturated rings. The molecular formula is C22H21FN2O3. The highest BCUT2D eigenvalue weighted by molar-refractivity contribution is 5.38. The van der Waals surface area contributed by atoms with E-state index in [1.54, 1.807) is 29.0 Å². The summed E-state index contributed by atoms with van der Waals surface area (Å²) < 4.78 is 26.0. The third-order valence-electron chi connectivity index (χ3n) is 4.66. The van der Waals surface area contributed by atoms with Crippen LogP contribution in [0, 0.1) is 5.82 Å². The molecule has 0 radical (unpaired) electrons. The van der Waals surface area contributed by atoms with E-state index in [9.17, 15) is 9.18 Å². The van der Waals surface area contributed by atoms with Crippen LogP contribution in [0.2, 0.25) is 0 Å². The Balaban J connectivity index is 1.41. The summed E-state index contributed by atoms with van der Waals surface area (Å²) in [5.41, 5.74) is 1.40. The van der Waals surface area contributed by atoms with E-state index in [1.165, 1.54) is 18.2 Å². The number of pyridine rings is 1. The zero-order valence-electron chi connectivity index (χ0n) is 15.5. The summed E-state index contributed by atoms with van der Waals surface area (Å²) >= 11 is 0. The number of aromatic nitrogens is 1. The maximum atomic E-state index is 12.9. The third kappa shape index (κ3) is 4.23. The summed E-state index contributed by atoms with van der Waals surface area (Å²) in [5.74, 6) is 0.983. The lowest BCUT2D eigenvalue weighted by molar-refractivity contribution is 0.0388. The van der Waals surface area contributed by atoms with Crippen molar-refractivity contribution in [3.05, 3.63) is 88.6 Å². The van der Waals surface area contributed by atoms with Gasteiger partial charge in [0.1, 0.15) is 30.0 Å². The fraction of sp³-hybridized carbons (Fsp3) is 0.227. The number of halogens is 1. The first kappa shape index (κ1) is 18.3. The van der Waals surface area contributed by atoms with Gasteiger partial charge in [-0.05, 0) is 55.1 Å². The van der Waals surface area contributed by atoms with Crippen molar-refractivity contribution in [2.75, 3.05) is 20.1 Å². The highest BCUT2D eigenvalue weighted by Gasteiger charge is 2.24. The fourth-order valence-electron chi connectivity index (χ4n) is 3.11. The molecule has 0 N–H and O–H groups in total. The van der Waals surface area contributed by atoms with Crippen LogP contribution in [0.3, 0.4) is 0 Å². The monoisotopic (exact) mass is 380 g/mol. The van der Waals surface area contributed by atoms with Gasteiger partial charge in [-0.25, -0.2) is 4.39 Å². The van der Waals surface area contributed by atoms with E-state index in [0.717, 1.165) is 30.1 Å². The summed E-state index contributed by atoms with van der Waals surface area (Å²) in [6.45, 7) is 2.13. The molecule has 6 heteroatoms. The molecule has 0 saturated carbocycles. The van der Waals surface area contributed by atoms with E-state index in [-0.39, 0.29) is 24.1 Å². The van der Waals surface area contributed by atoms with Crippen LogP contribution >= 0.6 is 0 Å². The molecule has 5 nitrogen and oxygen atoms in total. The summed E-state index contributed by atoms with van der Waals surface area (Å²) in [5, 5.41) is 0. The zero-order chi connectivity index (χ0) is 19.5. The highest BCUT2D eigenvalue weighted by atomic mass is 19.1. The normalized spacial score (nSPS) is 14.5. The van der Waals surface area contributed by atoms with Gasteiger partial charge in [-0.1, -0.05) is 12.1 Å². The van der Waals surface area contributed by atoms with Gasteiger partial charge in [0.05, 0.1) is 0 Å². The van der Waals surface area contributed by atoms with Crippen LogP contribution in [0.25, 0.3) is 5.69 Å². The Morgan fingerprint density at radius 2 is 1.71 bits per heavy atom. The Morgan fingerprint density at radius 1 is 1.00 bits per heavy atom. The Bertz CT molecular complexity index is 994. The number of rotatable bonds is 6. The molecule has 0 amide bonds. The molecule has 3 aromatic rings. The molecule has 2 heterocycles. The van der Waals surface area contributed by atoms with Gasteiger partial charge in [0, 0.05) is 31.0 Å². The maximum absolute atomic E-state index is 12.9. The molecule has 1 saturated heterocycles. The van der Waals surface area contributed by atoms with Gasteiger partial charge in [-0.2, -0.15) is 0 Å². The second-order valence-corrected chi connectivity index (χ2v) is 6.94. The van der Waals surface area contributed by atoms with Gasteiger partial charge in [-0.15, -0.1) is 0 Å². The van der Waals surface area contributed by atoms with Gasteiger partial charge in [-0.3, -0.25) is 14.3 Å². The minimum absolute atomic E-state index is 0.189. The van der Waals surface area contributed by atoms with Crippen LogP contribution in [0.5, 0.6) is 11.5 Å². The van der Waals surface area contributed by atoms with Crippen molar-refractivity contribution in [2.45, 2.75) is 12.7 Å². The van der Waals surface area contributed by atoms with Crippen LogP contribution in [0.15, 0.2) is 71.7 Å². The first-order valence-electron chi connectivity index (χ1n) is 9.12. The zero-order valence-corrected chi connectivity index (χ0v) is 15.5. The van der Waals surface area contributed by atoms with Crippen molar-refractivity contribution in [1.82, 2.24) is 9.47 Å². The van der Waals surface area contributed by atoms with E-state index < -0.39 is 0 Å². The molecule has 1 aromatic heterocycles. The smallest absolute Gasteiger partial charge is 0.258 e. The molecule has 1 aliphatic rings. The summed E-state index contributed by atoms with van der Waals surface area (Å²) in [6, 6.07) is 16.7. The third-order valence-corrected chi connectivity index (χ3v) is 4.66. The number of hydrogen-bond donors (Lipinski definition) is 0. The van der Waals surface area contributed by atoms with Crippen LogP contribution in [-0.2, 0) is 6.61 Å². The summed E-state index contributed by atoms with van der Waals surface area (Å²) in [6.07, 6.45) is 1.91. The average Bonchev–Trinajstić information content (AvgIpc) is 2.67. The minimum atomic E-state index is -0.289. The lowest BCUT2D eigenvalue weighted by Crippen LogP contribution is -2.51. The number of ether oxygens (including phenoxy) is 2. The van der Waals surface area contributed by atoms with Crippen molar-refractivity contribution < 1.29 is 13.9 Å². The molecule has 28 heavy (non-hydrogen) atoms. The summed E-state index contributed by atoms with van der Waals surface area (Å²) in [4.78, 5) is 14.6. The van der Waals surface area contributed by atoms with Crippen molar-refractivity contribution in [1.29, 1.82) is 0 Å². The van der Waals surface area contributed by atoms with Crippen molar-refractivity contribution in [2.24, 2.45) is 0 Å². The molecular weight excluding hydrogens is 359 g/mol. The van der Waals surface area contributed by atoms with E-state index in [1.807, 2.05) is 24.3 Å². The highest BCUT2D eigenvalue weighted by Crippen LogP contribution is 2.19. The number of benzene rings is 2. The van der Waals surface area contributed by atoms with Crippen LogP contribution in [0.1, 0.15) is 5.56 Å². The molecule has 144 valence electrons. The quantitative estimate of drug-likeness (QED) is 0.659. The topological polar surface area (TPSA) is 43.7 Å². The van der Waals surface area contributed by atoms with Crippen LogP contribution < -0.4 is 15.0 Å². The van der Waals surface area contributed by atoms with Gasteiger partial charge in [0.2, 0.25) is 0 Å². The second kappa shape index (κ2) is 7.86. The molecule has 0 aliphatic carbocycles. The van der Waals surface area contributed by atoms with Crippen LogP contribution in [0.4, 0.5) is 4.39 Å². The van der Waals surface area contributed by atoms with E-state index >= 15 is 0 Å². The van der Waals surface area contributed by atoms with Crippen molar-refractivity contribution in [3.8, 4) is 17.2 Å². The number of likely N-dealkylation sites (tertiary alicyclic amines) is 1. The first-order valence-corrected chi connectivity index (χ1v) is 9.12. The molecule has 0 bridgehead atoms. The fourth-order valence-corrected chi connectivity index (χ4v) is 3.11. The van der Waals surface area contributed by atoms with Gasteiger partial charge in [0.15, 0.2) is 0 Å². The Labute approximate surface area is 162 Å². The minimum Gasteiger partial charge on any atom is -0.489 e. The number of likely N-dealkylation sites (N-methyl/N-ethyl adjacent to an activating group) is 1. The van der Waals surface area contributed by atoms with Gasteiger partial charge < -0.3 is 9.47 Å². The maximum Gasteiger partial charge on any atom is 0.258 e. The lowest BCUT2D eigenvalue weighted by Gasteiger charge is -2.36. The van der Waals surface area contributed by atoms with E-state index in [0.29, 0.717) is 5.75 Å². The second-order valence-electron chi connectivity index (χ2n) is 6.94. The number of nitrogens with zero attached hydrogens (tertiary/aromatic N) is 2. The number of hydrogen-bond acceptors (Lipinski definition) is 4. The predicted molar refractivity (Wildman–Crippen MR) is 105 cm³/mol. The predicted octanol–water partition coefficient (Wildman–Crippen LogP) is 3.25. The molecule has 2 aromatic carbocycles. The first-order chi connectivity index (χ1) is 13.6. The van der Waals surface area contributed by atoms with Crippen LogP contribution in [-0.4, -0.2) is 35.7 Å². The standard InChI is InChI=1S/C22H21FN2O3/c1-24-13-21(14-24)28-19-8-6-18(7-9-19)25-11-10-20(12-22(25)26)27-15-16-2-4-17(23)5-3-16/h2-12,21H,13-15H2,1H3. The Hall–Kier alpha value is -3.12. The molecule has 0 spiro atoms. The molecule has 4 rings (SSSR count). The van der Waals surface area contributed by atoms with Gasteiger partial charge in [0.25, 0.3) is 5.56 Å². The summed E-state index contributed by atoms with van der Waals surface area (Å²) in [7, 11) is 2.06. The molecule has 1 aliphatic heterocycles. The Morgan fingerprint density at radius 3 is 2.36 bits per heavy atom. The van der Waals surface area contributed by atoms with Crippen molar-refractivity contribution >= 4 is 0 Å². The lowest BCUT2D eigenvalue weighted by atomic mass is 10.2. The SMILES string of the molecule is CN1CC(Oc2ccc(-n3ccc(OCc4ccc(F)cc4)cc3=O)cc2)C1. The van der Waals surface area contributed by atoms with Gasteiger partial charge >= 0.3 is 0 Å². The molecule has 0 atom stereocenters. The Kier molecular flexibility index (Phi) is 5.12. The largest absolute Gasteiger partial charge is 0.489 e. The van der Waals surface area contributed by atoms with E-state index in [4.69, 9.17) is 9.47 Å². The van der Waals surface area contributed by atoms with Crippen molar-refractivity contribution in [3.63, 3.8) is 0 Å².